The number of hydrogen-bond acceptors (Lipinski definition) is 3. The number of nitrogens with zero attached hydrogens (tertiary/aromatic N) is 2. The van der Waals surface area contributed by atoms with Crippen LogP contribution in [0.3, 0.4) is 0 Å². The van der Waals surface area contributed by atoms with E-state index in [0.717, 1.165) is 24.3 Å². The summed E-state index contributed by atoms with van der Waals surface area (Å²) in [5.74, 6) is 1.65. The van der Waals surface area contributed by atoms with Crippen LogP contribution >= 0.6 is 0 Å². The summed E-state index contributed by atoms with van der Waals surface area (Å²) in [4.78, 5) is 18.5. The van der Waals surface area contributed by atoms with Gasteiger partial charge >= 0.3 is 0 Å². The second kappa shape index (κ2) is 5.02. The third-order valence-corrected chi connectivity index (χ3v) is 4.46. The fraction of sp³-hybridized carbons (Fsp3) is 0.412. The van der Waals surface area contributed by atoms with Crippen molar-refractivity contribution in [2.45, 2.75) is 25.3 Å². The van der Waals surface area contributed by atoms with Gasteiger partial charge in [-0.25, -0.2) is 4.98 Å². The minimum absolute atomic E-state index is 0.329. The number of carbonyl (C=O) groups excluding carboxylic acids is 1. The summed E-state index contributed by atoms with van der Waals surface area (Å²) in [6.07, 6.45) is 4.89. The minimum atomic E-state index is 0.329. The number of pyridine rings is 1. The maximum Gasteiger partial charge on any atom is 0.223 e. The number of fused-ring (bicyclic) bond motifs is 1. The Labute approximate surface area is 124 Å². The van der Waals surface area contributed by atoms with Crippen molar-refractivity contribution in [1.82, 2.24) is 9.88 Å². The maximum absolute atomic E-state index is 12.0. The quantitative estimate of drug-likeness (QED) is 0.937. The van der Waals surface area contributed by atoms with Crippen molar-refractivity contribution in [3.63, 3.8) is 0 Å². The van der Waals surface area contributed by atoms with Crippen LogP contribution in [0.1, 0.15) is 19.3 Å². The molecule has 1 amide bonds. The highest BCUT2D eigenvalue weighted by molar-refractivity contribution is 5.91. The van der Waals surface area contributed by atoms with E-state index >= 15 is 0 Å². The van der Waals surface area contributed by atoms with E-state index in [1.807, 2.05) is 24.4 Å². The lowest BCUT2D eigenvalue weighted by molar-refractivity contribution is -0.128. The number of nitrogens with one attached hydrogen (secondary N) is 1. The van der Waals surface area contributed by atoms with Crippen molar-refractivity contribution in [3.8, 4) is 0 Å². The van der Waals surface area contributed by atoms with Crippen LogP contribution in [0.4, 0.5) is 5.82 Å². The molecule has 1 aliphatic heterocycles. The van der Waals surface area contributed by atoms with Gasteiger partial charge in [0.25, 0.3) is 0 Å². The Morgan fingerprint density at radius 3 is 2.95 bits per heavy atom. The van der Waals surface area contributed by atoms with Crippen molar-refractivity contribution < 1.29 is 4.79 Å². The fourth-order valence-electron chi connectivity index (χ4n) is 3.19. The molecule has 2 aromatic rings. The topological polar surface area (TPSA) is 45.2 Å². The smallest absolute Gasteiger partial charge is 0.223 e. The SMILES string of the molecule is O=C1CC(CNc2nccc3ccccc23)CN1C1CC1. The van der Waals surface area contributed by atoms with E-state index in [0.29, 0.717) is 24.3 Å². The molecule has 0 bridgehead atoms. The van der Waals surface area contributed by atoms with E-state index in [4.69, 9.17) is 0 Å². The average molecular weight is 281 g/mol. The Hall–Kier alpha value is -2.10. The molecule has 1 aliphatic carbocycles. The van der Waals surface area contributed by atoms with Crippen molar-refractivity contribution in [3.05, 3.63) is 36.5 Å². The summed E-state index contributed by atoms with van der Waals surface area (Å²) in [6.45, 7) is 1.72. The highest BCUT2D eigenvalue weighted by atomic mass is 16.2. The second-order valence-electron chi connectivity index (χ2n) is 6.11. The molecule has 1 aromatic heterocycles. The normalized spacial score (nSPS) is 22.0. The van der Waals surface area contributed by atoms with E-state index in [1.54, 1.807) is 0 Å². The molecule has 2 fully saturated rings. The first-order valence-corrected chi connectivity index (χ1v) is 7.68. The Morgan fingerprint density at radius 2 is 2.10 bits per heavy atom. The molecular weight excluding hydrogens is 262 g/mol. The summed E-state index contributed by atoms with van der Waals surface area (Å²) in [5, 5.41) is 5.77. The molecule has 0 radical (unpaired) electrons. The van der Waals surface area contributed by atoms with Gasteiger partial charge in [0.05, 0.1) is 0 Å². The number of amides is 1. The highest BCUT2D eigenvalue weighted by Gasteiger charge is 2.39. The largest absolute Gasteiger partial charge is 0.369 e. The monoisotopic (exact) mass is 281 g/mol. The van der Waals surface area contributed by atoms with Crippen LogP contribution < -0.4 is 5.32 Å². The number of anilines is 1. The average Bonchev–Trinajstić information content (AvgIpc) is 3.28. The standard InChI is InChI=1S/C17H19N3O/c21-16-9-12(11-20(16)14-5-6-14)10-19-17-15-4-2-1-3-13(15)7-8-18-17/h1-4,7-8,12,14H,5-6,9-11H2,(H,18,19). The zero-order valence-electron chi connectivity index (χ0n) is 12.0. The molecule has 2 aliphatic rings. The molecule has 0 spiro atoms. The summed E-state index contributed by atoms with van der Waals surface area (Å²) in [6, 6.07) is 10.8. The number of carbonyl (C=O) groups is 1. The second-order valence-corrected chi connectivity index (χ2v) is 6.11. The summed E-state index contributed by atoms with van der Waals surface area (Å²) < 4.78 is 0. The van der Waals surface area contributed by atoms with Crippen LogP contribution in [0, 0.1) is 5.92 Å². The van der Waals surface area contributed by atoms with E-state index < -0.39 is 0 Å². The molecule has 1 N–H and O–H groups in total. The first-order valence-electron chi connectivity index (χ1n) is 7.68. The van der Waals surface area contributed by atoms with E-state index in [1.165, 1.54) is 18.2 Å². The van der Waals surface area contributed by atoms with Crippen LogP contribution in [0.15, 0.2) is 36.5 Å². The lowest BCUT2D eigenvalue weighted by Crippen LogP contribution is -2.28. The van der Waals surface area contributed by atoms with Crippen molar-refractivity contribution in [2.24, 2.45) is 5.92 Å². The van der Waals surface area contributed by atoms with Crippen molar-refractivity contribution in [2.75, 3.05) is 18.4 Å². The molecule has 21 heavy (non-hydrogen) atoms. The minimum Gasteiger partial charge on any atom is -0.369 e. The first-order chi connectivity index (χ1) is 10.3. The molecule has 1 saturated carbocycles. The number of hydrogen-bond donors (Lipinski definition) is 1. The molecule has 1 saturated heterocycles. The number of rotatable bonds is 4. The van der Waals surface area contributed by atoms with Crippen molar-refractivity contribution in [1.29, 1.82) is 0 Å². The van der Waals surface area contributed by atoms with Gasteiger partial charge in [-0.1, -0.05) is 24.3 Å². The van der Waals surface area contributed by atoms with E-state index in [-0.39, 0.29) is 0 Å². The predicted molar refractivity (Wildman–Crippen MR) is 83.1 cm³/mol. The first kappa shape index (κ1) is 12.6. The maximum atomic E-state index is 12.0. The van der Waals surface area contributed by atoms with Crippen LogP contribution in [-0.2, 0) is 4.79 Å². The third-order valence-electron chi connectivity index (χ3n) is 4.46. The van der Waals surface area contributed by atoms with Gasteiger partial charge in [0.15, 0.2) is 0 Å². The Morgan fingerprint density at radius 1 is 1.24 bits per heavy atom. The highest BCUT2D eigenvalue weighted by Crippen LogP contribution is 2.32. The Bertz CT molecular complexity index is 675. The summed E-state index contributed by atoms with van der Waals surface area (Å²) in [5.41, 5.74) is 0. The Balaban J connectivity index is 1.45. The molecule has 2 heterocycles. The van der Waals surface area contributed by atoms with Gasteiger partial charge in [0, 0.05) is 43.1 Å². The van der Waals surface area contributed by atoms with Gasteiger partial charge in [-0.3, -0.25) is 4.79 Å². The predicted octanol–water partition coefficient (Wildman–Crippen LogP) is 2.66. The molecule has 1 unspecified atom stereocenters. The van der Waals surface area contributed by atoms with Crippen molar-refractivity contribution >= 4 is 22.5 Å². The molecular formula is C17H19N3O. The molecule has 4 rings (SSSR count). The van der Waals surface area contributed by atoms with Crippen LogP contribution in [0.25, 0.3) is 10.8 Å². The summed E-state index contributed by atoms with van der Waals surface area (Å²) in [7, 11) is 0. The Kier molecular flexibility index (Phi) is 3.02. The van der Waals surface area contributed by atoms with Gasteiger partial charge in [-0.05, 0) is 24.3 Å². The zero-order chi connectivity index (χ0) is 14.2. The molecule has 4 heteroatoms. The third kappa shape index (κ3) is 2.46. The molecule has 108 valence electrons. The zero-order valence-corrected chi connectivity index (χ0v) is 12.0. The number of benzene rings is 1. The van der Waals surface area contributed by atoms with Gasteiger partial charge in [-0.15, -0.1) is 0 Å². The number of aromatic nitrogens is 1. The van der Waals surface area contributed by atoms with Gasteiger partial charge in [0.1, 0.15) is 5.82 Å². The molecule has 1 atom stereocenters. The van der Waals surface area contributed by atoms with Crippen LogP contribution in [0.2, 0.25) is 0 Å². The molecule has 1 aromatic carbocycles. The van der Waals surface area contributed by atoms with Gasteiger partial charge in [-0.2, -0.15) is 0 Å². The fourth-order valence-corrected chi connectivity index (χ4v) is 3.19. The van der Waals surface area contributed by atoms with E-state index in [9.17, 15) is 4.79 Å². The van der Waals surface area contributed by atoms with E-state index in [2.05, 4.69) is 27.3 Å². The van der Waals surface area contributed by atoms with Crippen LogP contribution in [0.5, 0.6) is 0 Å². The lowest BCUT2D eigenvalue weighted by atomic mass is 10.1. The van der Waals surface area contributed by atoms with Gasteiger partial charge in [0.2, 0.25) is 5.91 Å². The number of likely N-dealkylation sites (tertiary alicyclic amines) is 1. The van der Waals surface area contributed by atoms with Gasteiger partial charge < -0.3 is 10.2 Å². The molecule has 4 nitrogen and oxygen atoms in total. The summed E-state index contributed by atoms with van der Waals surface area (Å²) >= 11 is 0. The lowest BCUT2D eigenvalue weighted by Gasteiger charge is -2.16. The van der Waals surface area contributed by atoms with Crippen LogP contribution in [-0.4, -0.2) is 34.9 Å².